The van der Waals surface area contributed by atoms with Crippen LogP contribution in [0.25, 0.3) is 0 Å². The Morgan fingerprint density at radius 1 is 0.964 bits per heavy atom. The molecule has 146 valence electrons. The van der Waals surface area contributed by atoms with Crippen molar-refractivity contribution in [2.24, 2.45) is 0 Å². The van der Waals surface area contributed by atoms with E-state index in [1.54, 1.807) is 12.1 Å². The second-order valence-electron chi connectivity index (χ2n) is 7.89. The summed E-state index contributed by atoms with van der Waals surface area (Å²) < 4.78 is 30.4. The van der Waals surface area contributed by atoms with Crippen molar-refractivity contribution in [3.05, 3.63) is 94.8 Å². The van der Waals surface area contributed by atoms with E-state index in [0.717, 1.165) is 19.5 Å². The number of nitrogens with zero attached hydrogens (tertiary/aromatic N) is 2. The van der Waals surface area contributed by atoms with Gasteiger partial charge < -0.3 is 4.57 Å². The quantitative estimate of drug-likeness (QED) is 0.548. The van der Waals surface area contributed by atoms with E-state index >= 15 is 0 Å². The van der Waals surface area contributed by atoms with E-state index in [4.69, 9.17) is 0 Å². The molecule has 0 N–H and O–H groups in total. The highest BCUT2D eigenvalue weighted by molar-refractivity contribution is 5.33. The van der Waals surface area contributed by atoms with Crippen LogP contribution in [0.3, 0.4) is 0 Å². The molecular formula is C24H26F2N2. The zero-order valence-electron chi connectivity index (χ0n) is 16.4. The van der Waals surface area contributed by atoms with E-state index in [-0.39, 0.29) is 6.04 Å². The Morgan fingerprint density at radius 3 is 2.50 bits per heavy atom. The highest BCUT2D eigenvalue weighted by atomic mass is 19.2. The van der Waals surface area contributed by atoms with Gasteiger partial charge in [-0.1, -0.05) is 50.2 Å². The fourth-order valence-corrected chi connectivity index (χ4v) is 4.14. The lowest BCUT2D eigenvalue weighted by atomic mass is 9.96. The monoisotopic (exact) mass is 380 g/mol. The van der Waals surface area contributed by atoms with Crippen LogP contribution in [0.5, 0.6) is 0 Å². The zero-order valence-corrected chi connectivity index (χ0v) is 16.4. The number of benzene rings is 2. The van der Waals surface area contributed by atoms with Gasteiger partial charge in [-0.3, -0.25) is 4.90 Å². The Morgan fingerprint density at radius 2 is 1.75 bits per heavy atom. The van der Waals surface area contributed by atoms with Gasteiger partial charge in [-0.2, -0.15) is 0 Å². The average Bonchev–Trinajstić information content (AvgIpc) is 3.07. The highest BCUT2D eigenvalue weighted by Crippen LogP contribution is 2.34. The Kier molecular flexibility index (Phi) is 5.31. The van der Waals surface area contributed by atoms with Crippen molar-refractivity contribution in [2.45, 2.75) is 45.3 Å². The summed E-state index contributed by atoms with van der Waals surface area (Å²) in [6, 6.07) is 17.4. The summed E-state index contributed by atoms with van der Waals surface area (Å²) in [5.41, 5.74) is 4.09. The molecule has 2 aromatic carbocycles. The maximum atomic E-state index is 14.4. The predicted octanol–water partition coefficient (Wildman–Crippen LogP) is 5.89. The standard InChI is InChI=1S/C24H26F2N2/c1-17(2)18-9-11-19(12-10-18)24-22-8-4-13-27(22)14-5-15-28(24)16-20-6-3-7-21(25)23(20)26/h3-4,6-13,17,24H,5,14-16H2,1-2H3/t24-/m0/s1. The Hall–Kier alpha value is -2.46. The molecule has 1 aromatic heterocycles. The van der Waals surface area contributed by atoms with Gasteiger partial charge in [0.1, 0.15) is 0 Å². The molecule has 0 amide bonds. The maximum Gasteiger partial charge on any atom is 0.163 e. The summed E-state index contributed by atoms with van der Waals surface area (Å²) in [7, 11) is 0. The van der Waals surface area contributed by atoms with Crippen LogP contribution in [0.2, 0.25) is 0 Å². The molecule has 1 aliphatic heterocycles. The Balaban J connectivity index is 1.74. The lowest BCUT2D eigenvalue weighted by molar-refractivity contribution is 0.216. The van der Waals surface area contributed by atoms with Crippen molar-refractivity contribution in [3.8, 4) is 0 Å². The number of aryl methyl sites for hydroxylation is 1. The van der Waals surface area contributed by atoms with Gasteiger partial charge in [0, 0.05) is 37.1 Å². The van der Waals surface area contributed by atoms with Gasteiger partial charge in [0.15, 0.2) is 11.6 Å². The Labute approximate surface area is 165 Å². The zero-order chi connectivity index (χ0) is 19.7. The number of rotatable bonds is 4. The summed E-state index contributed by atoms with van der Waals surface area (Å²) in [6.45, 7) is 6.51. The topological polar surface area (TPSA) is 8.17 Å². The van der Waals surface area contributed by atoms with E-state index < -0.39 is 11.6 Å². The fraction of sp³-hybridized carbons (Fsp3) is 0.333. The van der Waals surface area contributed by atoms with Crippen LogP contribution in [-0.4, -0.2) is 16.0 Å². The third-order valence-corrected chi connectivity index (χ3v) is 5.68. The van der Waals surface area contributed by atoms with Crippen LogP contribution in [0.4, 0.5) is 8.78 Å². The summed E-state index contributed by atoms with van der Waals surface area (Å²) in [5, 5.41) is 0. The first-order valence-corrected chi connectivity index (χ1v) is 9.96. The summed E-state index contributed by atoms with van der Waals surface area (Å²) in [5.74, 6) is -1.05. The molecule has 0 spiro atoms. The van der Waals surface area contributed by atoms with E-state index in [0.29, 0.717) is 18.0 Å². The molecule has 1 atom stereocenters. The molecule has 0 bridgehead atoms. The SMILES string of the molecule is CC(C)c1ccc([C@H]2c3cccn3CCCN2Cc2cccc(F)c2F)cc1. The minimum Gasteiger partial charge on any atom is -0.350 e. The Bertz CT molecular complexity index is 943. The van der Waals surface area contributed by atoms with Crippen LogP contribution >= 0.6 is 0 Å². The first-order chi connectivity index (χ1) is 13.5. The lowest BCUT2D eigenvalue weighted by Crippen LogP contribution is -2.30. The normalized spacial score (nSPS) is 17.5. The van der Waals surface area contributed by atoms with Crippen LogP contribution in [0.1, 0.15) is 54.6 Å². The number of aromatic nitrogens is 1. The molecule has 0 fully saturated rings. The van der Waals surface area contributed by atoms with E-state index in [1.807, 2.05) is 0 Å². The molecule has 0 saturated carbocycles. The van der Waals surface area contributed by atoms with Crippen molar-refractivity contribution in [1.29, 1.82) is 0 Å². The van der Waals surface area contributed by atoms with Crippen LogP contribution in [0.15, 0.2) is 60.8 Å². The smallest absolute Gasteiger partial charge is 0.163 e. The van der Waals surface area contributed by atoms with Gasteiger partial charge in [-0.15, -0.1) is 0 Å². The van der Waals surface area contributed by atoms with E-state index in [9.17, 15) is 8.78 Å². The predicted molar refractivity (Wildman–Crippen MR) is 108 cm³/mol. The van der Waals surface area contributed by atoms with Crippen LogP contribution in [0, 0.1) is 11.6 Å². The van der Waals surface area contributed by atoms with Gasteiger partial charge in [0.2, 0.25) is 0 Å². The third-order valence-electron chi connectivity index (χ3n) is 5.68. The molecule has 0 unspecified atom stereocenters. The van der Waals surface area contributed by atoms with Gasteiger partial charge >= 0.3 is 0 Å². The van der Waals surface area contributed by atoms with Crippen LogP contribution < -0.4 is 0 Å². The number of hydrogen-bond donors (Lipinski definition) is 0. The van der Waals surface area contributed by atoms with Crippen molar-refractivity contribution < 1.29 is 8.78 Å². The highest BCUT2D eigenvalue weighted by Gasteiger charge is 2.28. The average molecular weight is 380 g/mol. The lowest BCUT2D eigenvalue weighted by Gasteiger charge is -2.31. The molecule has 4 heteroatoms. The minimum absolute atomic E-state index is 0.0152. The third kappa shape index (κ3) is 3.61. The second-order valence-corrected chi connectivity index (χ2v) is 7.89. The largest absolute Gasteiger partial charge is 0.350 e. The molecular weight excluding hydrogens is 354 g/mol. The van der Waals surface area contributed by atoms with Crippen LogP contribution in [-0.2, 0) is 13.1 Å². The summed E-state index contributed by atoms with van der Waals surface area (Å²) in [4.78, 5) is 2.26. The van der Waals surface area contributed by atoms with Crippen molar-refractivity contribution in [1.82, 2.24) is 9.47 Å². The molecule has 3 aromatic rings. The molecule has 1 aliphatic rings. The van der Waals surface area contributed by atoms with E-state index in [2.05, 4.69) is 65.9 Å². The van der Waals surface area contributed by atoms with Gasteiger partial charge in [-0.05, 0) is 41.7 Å². The molecule has 28 heavy (non-hydrogen) atoms. The summed E-state index contributed by atoms with van der Waals surface area (Å²) >= 11 is 0. The molecule has 2 nitrogen and oxygen atoms in total. The summed E-state index contributed by atoms with van der Waals surface area (Å²) in [6.07, 6.45) is 3.08. The van der Waals surface area contributed by atoms with Gasteiger partial charge in [-0.25, -0.2) is 8.78 Å². The minimum atomic E-state index is -0.784. The molecule has 4 rings (SSSR count). The number of hydrogen-bond acceptors (Lipinski definition) is 1. The molecule has 0 radical (unpaired) electrons. The fourth-order valence-electron chi connectivity index (χ4n) is 4.14. The van der Waals surface area contributed by atoms with Crippen molar-refractivity contribution in [3.63, 3.8) is 0 Å². The number of fused-ring (bicyclic) bond motifs is 1. The van der Waals surface area contributed by atoms with Crippen molar-refractivity contribution in [2.75, 3.05) is 6.54 Å². The second kappa shape index (κ2) is 7.88. The first-order valence-electron chi connectivity index (χ1n) is 9.96. The molecule has 0 saturated heterocycles. The molecule has 2 heterocycles. The maximum absolute atomic E-state index is 14.4. The van der Waals surface area contributed by atoms with Gasteiger partial charge in [0.05, 0.1) is 6.04 Å². The number of halogens is 2. The first kappa shape index (κ1) is 18.9. The van der Waals surface area contributed by atoms with E-state index in [1.165, 1.54) is 22.9 Å². The molecule has 0 aliphatic carbocycles. The van der Waals surface area contributed by atoms with Crippen molar-refractivity contribution >= 4 is 0 Å². The van der Waals surface area contributed by atoms with Gasteiger partial charge in [0.25, 0.3) is 0 Å².